The SMILES string of the molecule is Cc1cc2c(cc1F)oc1c(-c3c4sc5cc(CC(F)(F)F)c(C)cc5c4nc[n+]3C)c(C)c(C)cc12. The van der Waals surface area contributed by atoms with E-state index < -0.39 is 12.6 Å². The van der Waals surface area contributed by atoms with Crippen molar-refractivity contribution in [3.63, 3.8) is 0 Å². The van der Waals surface area contributed by atoms with Crippen molar-refractivity contribution in [2.45, 2.75) is 40.3 Å². The maximum absolute atomic E-state index is 14.4. The molecule has 8 heteroatoms. The van der Waals surface area contributed by atoms with Gasteiger partial charge in [-0.15, -0.1) is 11.3 Å². The van der Waals surface area contributed by atoms with Crippen molar-refractivity contribution in [2.75, 3.05) is 0 Å². The second-order valence-electron chi connectivity index (χ2n) is 9.82. The van der Waals surface area contributed by atoms with E-state index in [1.54, 1.807) is 32.3 Å². The molecule has 0 spiro atoms. The number of halogens is 4. The van der Waals surface area contributed by atoms with Gasteiger partial charge in [-0.2, -0.15) is 13.2 Å². The van der Waals surface area contributed by atoms with Crippen LogP contribution in [0.1, 0.15) is 27.8 Å². The summed E-state index contributed by atoms with van der Waals surface area (Å²) in [6.45, 7) is 7.49. The number of aromatic nitrogens is 2. The molecule has 6 aromatic rings. The zero-order chi connectivity index (χ0) is 26.4. The summed E-state index contributed by atoms with van der Waals surface area (Å²) >= 11 is 1.43. The zero-order valence-corrected chi connectivity index (χ0v) is 21.7. The Labute approximate surface area is 214 Å². The van der Waals surface area contributed by atoms with Gasteiger partial charge in [0, 0.05) is 26.9 Å². The highest BCUT2D eigenvalue weighted by molar-refractivity contribution is 7.26. The number of furan rings is 1. The van der Waals surface area contributed by atoms with Crippen LogP contribution in [0, 0.1) is 33.5 Å². The Morgan fingerprint density at radius 1 is 0.919 bits per heavy atom. The summed E-state index contributed by atoms with van der Waals surface area (Å²) in [5.41, 5.74) is 7.06. The molecule has 6 rings (SSSR count). The van der Waals surface area contributed by atoms with Crippen LogP contribution in [0.2, 0.25) is 0 Å². The number of hydrogen-bond donors (Lipinski definition) is 0. The fourth-order valence-electron chi connectivity index (χ4n) is 5.18. The average Bonchev–Trinajstić information content (AvgIpc) is 3.32. The molecule has 0 bridgehead atoms. The second kappa shape index (κ2) is 7.99. The van der Waals surface area contributed by atoms with Gasteiger partial charge in [0.2, 0.25) is 5.52 Å². The number of aryl methyl sites for hydroxylation is 4. The standard InChI is InChI=1S/C29H23F4N2OS/c1-13-6-19-18-8-15(3)21(30)10-22(18)36-27(19)24(16(13)4)26-28-25(34-12-35(26)5)20-7-14(2)17(9-23(20)37-28)11-29(31,32)33/h6-10,12H,11H2,1-5H3/q+1. The monoisotopic (exact) mass is 523 g/mol. The first-order valence-electron chi connectivity index (χ1n) is 11.8. The van der Waals surface area contributed by atoms with Crippen LogP contribution < -0.4 is 4.57 Å². The number of hydrogen-bond acceptors (Lipinski definition) is 3. The Balaban J connectivity index is 1.71. The number of benzene rings is 3. The number of alkyl halides is 3. The van der Waals surface area contributed by atoms with E-state index >= 15 is 0 Å². The maximum atomic E-state index is 14.4. The number of nitrogens with zero attached hydrogens (tertiary/aromatic N) is 2. The molecule has 0 atom stereocenters. The van der Waals surface area contributed by atoms with E-state index in [9.17, 15) is 17.6 Å². The van der Waals surface area contributed by atoms with Crippen molar-refractivity contribution in [3.05, 3.63) is 70.3 Å². The Morgan fingerprint density at radius 2 is 1.62 bits per heavy atom. The van der Waals surface area contributed by atoms with Crippen LogP contribution in [0.15, 0.2) is 41.1 Å². The van der Waals surface area contributed by atoms with Gasteiger partial charge < -0.3 is 4.42 Å². The van der Waals surface area contributed by atoms with Crippen LogP contribution in [-0.2, 0) is 13.5 Å². The van der Waals surface area contributed by atoms with Gasteiger partial charge in [-0.05, 0) is 84.8 Å². The minimum Gasteiger partial charge on any atom is -0.455 e. The molecule has 37 heavy (non-hydrogen) atoms. The number of thiophene rings is 1. The third kappa shape index (κ3) is 3.69. The van der Waals surface area contributed by atoms with E-state index in [-0.39, 0.29) is 11.4 Å². The van der Waals surface area contributed by atoms with Crippen molar-refractivity contribution in [1.29, 1.82) is 0 Å². The molecule has 0 N–H and O–H groups in total. The van der Waals surface area contributed by atoms with Gasteiger partial charge in [0.05, 0.1) is 19.0 Å². The molecule has 3 aromatic heterocycles. The highest BCUT2D eigenvalue weighted by atomic mass is 32.1. The largest absolute Gasteiger partial charge is 0.455 e. The summed E-state index contributed by atoms with van der Waals surface area (Å²) in [6, 6.07) is 8.73. The summed E-state index contributed by atoms with van der Waals surface area (Å²) in [5.74, 6) is -0.326. The van der Waals surface area contributed by atoms with Gasteiger partial charge in [0.25, 0.3) is 6.33 Å². The van der Waals surface area contributed by atoms with E-state index in [4.69, 9.17) is 4.42 Å². The first-order chi connectivity index (χ1) is 17.4. The molecule has 3 heterocycles. The minimum absolute atomic E-state index is 0.265. The molecule has 0 fully saturated rings. The van der Waals surface area contributed by atoms with E-state index in [2.05, 4.69) is 11.1 Å². The van der Waals surface area contributed by atoms with Crippen molar-refractivity contribution in [2.24, 2.45) is 7.05 Å². The lowest BCUT2D eigenvalue weighted by atomic mass is 9.96. The van der Waals surface area contributed by atoms with Gasteiger partial charge in [-0.25, -0.2) is 8.96 Å². The molecule has 0 aliphatic heterocycles. The van der Waals surface area contributed by atoms with Crippen LogP contribution in [0.4, 0.5) is 17.6 Å². The normalized spacial score (nSPS) is 12.6. The van der Waals surface area contributed by atoms with Crippen molar-refractivity contribution in [3.8, 4) is 11.3 Å². The third-order valence-corrected chi connectivity index (χ3v) is 8.39. The number of rotatable bonds is 2. The molecule has 0 saturated heterocycles. The molecule has 0 radical (unpaired) electrons. The summed E-state index contributed by atoms with van der Waals surface area (Å²) in [6.07, 6.45) is -3.53. The average molecular weight is 524 g/mol. The van der Waals surface area contributed by atoms with Crippen molar-refractivity contribution < 1.29 is 26.5 Å². The van der Waals surface area contributed by atoms with Crippen LogP contribution in [0.25, 0.3) is 53.5 Å². The molecular weight excluding hydrogens is 500 g/mol. The summed E-state index contributed by atoms with van der Waals surface area (Å²) < 4.78 is 63.8. The lowest BCUT2D eigenvalue weighted by Crippen LogP contribution is -2.31. The summed E-state index contributed by atoms with van der Waals surface area (Å²) in [5, 5.41) is 2.56. The highest BCUT2D eigenvalue weighted by Crippen LogP contribution is 2.44. The Hall–Kier alpha value is -3.52. The smallest absolute Gasteiger partial charge is 0.393 e. The Kier molecular flexibility index (Phi) is 5.15. The van der Waals surface area contributed by atoms with Crippen LogP contribution >= 0.6 is 11.3 Å². The second-order valence-corrected chi connectivity index (χ2v) is 10.9. The van der Waals surface area contributed by atoms with Gasteiger partial charge in [0.1, 0.15) is 21.7 Å². The predicted molar refractivity (Wildman–Crippen MR) is 140 cm³/mol. The highest BCUT2D eigenvalue weighted by Gasteiger charge is 2.30. The van der Waals surface area contributed by atoms with E-state index in [1.165, 1.54) is 17.4 Å². The van der Waals surface area contributed by atoms with Gasteiger partial charge >= 0.3 is 6.18 Å². The predicted octanol–water partition coefficient (Wildman–Crippen LogP) is 8.32. The van der Waals surface area contributed by atoms with Crippen LogP contribution in [0.3, 0.4) is 0 Å². The van der Waals surface area contributed by atoms with Gasteiger partial charge in [0.15, 0.2) is 5.69 Å². The molecule has 188 valence electrons. The summed E-state index contributed by atoms with van der Waals surface area (Å²) in [7, 11) is 1.90. The molecule has 0 unspecified atom stereocenters. The van der Waals surface area contributed by atoms with E-state index in [0.29, 0.717) is 22.3 Å². The van der Waals surface area contributed by atoms with Crippen LogP contribution in [-0.4, -0.2) is 11.2 Å². The molecule has 3 nitrogen and oxygen atoms in total. The molecule has 3 aromatic carbocycles. The maximum Gasteiger partial charge on any atom is 0.393 e. The molecular formula is C29H23F4N2OS+. The Morgan fingerprint density at radius 3 is 2.35 bits per heavy atom. The van der Waals surface area contributed by atoms with E-state index in [0.717, 1.165) is 53.5 Å². The van der Waals surface area contributed by atoms with Crippen LogP contribution in [0.5, 0.6) is 0 Å². The summed E-state index contributed by atoms with van der Waals surface area (Å²) in [4.78, 5) is 4.67. The topological polar surface area (TPSA) is 29.9 Å². The molecule has 0 amide bonds. The zero-order valence-electron chi connectivity index (χ0n) is 20.9. The van der Waals surface area contributed by atoms with Gasteiger partial charge in [-0.1, -0.05) is 0 Å². The first-order valence-corrected chi connectivity index (χ1v) is 12.6. The van der Waals surface area contributed by atoms with Gasteiger partial charge in [-0.3, -0.25) is 0 Å². The Bertz CT molecular complexity index is 1910. The quantitative estimate of drug-likeness (QED) is 0.169. The van der Waals surface area contributed by atoms with Crippen molar-refractivity contribution >= 4 is 53.6 Å². The fourth-order valence-corrected chi connectivity index (χ4v) is 6.47. The first kappa shape index (κ1) is 23.9. The fraction of sp³-hybridized carbons (Fsp3) is 0.241. The third-order valence-electron chi connectivity index (χ3n) is 7.24. The van der Waals surface area contributed by atoms with Crippen molar-refractivity contribution in [1.82, 2.24) is 4.98 Å². The molecule has 0 aliphatic carbocycles. The number of fused-ring (bicyclic) bond motifs is 6. The molecule has 0 aliphatic rings. The lowest BCUT2D eigenvalue weighted by Gasteiger charge is -2.10. The lowest BCUT2D eigenvalue weighted by molar-refractivity contribution is -0.662. The molecule has 0 saturated carbocycles. The minimum atomic E-state index is -4.28. The van der Waals surface area contributed by atoms with E-state index in [1.807, 2.05) is 31.5 Å².